The zero-order chi connectivity index (χ0) is 28.6. The summed E-state index contributed by atoms with van der Waals surface area (Å²) in [6.07, 6.45) is 10.2. The molecule has 1 aliphatic rings. The highest BCUT2D eigenvalue weighted by Gasteiger charge is 2.23. The van der Waals surface area contributed by atoms with E-state index in [4.69, 9.17) is 14.5 Å². The Morgan fingerprint density at radius 2 is 2.15 bits per heavy atom. The van der Waals surface area contributed by atoms with E-state index in [1.165, 1.54) is 23.1 Å². The van der Waals surface area contributed by atoms with Crippen molar-refractivity contribution >= 4 is 34.7 Å². The number of aliphatic hydroxyl groups excluding tert-OH is 1. The molecule has 1 unspecified atom stereocenters. The van der Waals surface area contributed by atoms with Gasteiger partial charge in [0, 0.05) is 47.9 Å². The van der Waals surface area contributed by atoms with Gasteiger partial charge in [-0.15, -0.1) is 23.1 Å². The van der Waals surface area contributed by atoms with Gasteiger partial charge in [-0.05, 0) is 56.3 Å². The third kappa shape index (κ3) is 6.80. The van der Waals surface area contributed by atoms with Gasteiger partial charge in [0.25, 0.3) is 0 Å². The molecule has 1 atom stereocenters. The van der Waals surface area contributed by atoms with Crippen LogP contribution in [0, 0.1) is 11.3 Å². The van der Waals surface area contributed by atoms with Crippen molar-refractivity contribution in [3.8, 4) is 39.3 Å². The number of anilines is 2. The highest BCUT2D eigenvalue weighted by Crippen LogP contribution is 2.46. The number of hydrogen-bond donors (Lipinski definition) is 2. The van der Waals surface area contributed by atoms with Crippen molar-refractivity contribution in [1.29, 1.82) is 5.26 Å². The molecular weight excluding hydrogens is 557 g/mol. The van der Waals surface area contributed by atoms with E-state index in [1.807, 2.05) is 42.7 Å². The van der Waals surface area contributed by atoms with Gasteiger partial charge in [-0.1, -0.05) is 6.07 Å². The molecule has 1 fully saturated rings. The Bertz CT molecular complexity index is 1520. The predicted molar refractivity (Wildman–Crippen MR) is 163 cm³/mol. The van der Waals surface area contributed by atoms with Crippen LogP contribution < -0.4 is 14.8 Å². The van der Waals surface area contributed by atoms with Crippen LogP contribution in [-0.2, 0) is 0 Å². The van der Waals surface area contributed by atoms with Crippen molar-refractivity contribution in [2.24, 2.45) is 0 Å². The normalized spacial score (nSPS) is 15.0. The molecule has 3 aromatic heterocycles. The first-order valence-electron chi connectivity index (χ1n) is 13.4. The molecule has 0 aliphatic carbocycles. The molecule has 9 nitrogen and oxygen atoms in total. The predicted octanol–water partition coefficient (Wildman–Crippen LogP) is 5.84. The standard InChI is InChI=1S/C30H32N6O3S2/c1-38-24-14-20(17-32-18-24)27-25(16-31)29(40-2)41-28(27)26-9-10-33-30(35-26)34-21-6-3-8-23(15-21)39-13-5-12-36-11-4-7-22(36)19-37/h3,6,8-10,14-15,17-18,22,37H,4-5,7,11-13,19H2,1-2H3,(H,33,34,35). The summed E-state index contributed by atoms with van der Waals surface area (Å²) in [6.45, 7) is 2.79. The molecule has 4 heterocycles. The Balaban J connectivity index is 1.32. The summed E-state index contributed by atoms with van der Waals surface area (Å²) < 4.78 is 12.3. The second-order valence-corrected chi connectivity index (χ2v) is 11.6. The number of benzene rings is 1. The summed E-state index contributed by atoms with van der Waals surface area (Å²) in [5, 5.41) is 22.8. The average molecular weight is 589 g/mol. The zero-order valence-electron chi connectivity index (χ0n) is 23.0. The van der Waals surface area contributed by atoms with Gasteiger partial charge in [0.15, 0.2) is 0 Å². The maximum atomic E-state index is 10.0. The minimum Gasteiger partial charge on any atom is -0.495 e. The lowest BCUT2D eigenvalue weighted by atomic mass is 10.0. The summed E-state index contributed by atoms with van der Waals surface area (Å²) in [5.41, 5.74) is 3.69. The largest absolute Gasteiger partial charge is 0.495 e. The molecule has 41 heavy (non-hydrogen) atoms. The molecule has 0 spiro atoms. The number of nitriles is 1. The average Bonchev–Trinajstić information content (AvgIpc) is 3.63. The van der Waals surface area contributed by atoms with Gasteiger partial charge in [-0.2, -0.15) is 5.26 Å². The number of aromatic nitrogens is 3. The van der Waals surface area contributed by atoms with E-state index in [-0.39, 0.29) is 12.6 Å². The smallest absolute Gasteiger partial charge is 0.227 e. The van der Waals surface area contributed by atoms with Crippen molar-refractivity contribution in [3.63, 3.8) is 0 Å². The fourth-order valence-corrected chi connectivity index (χ4v) is 6.88. The monoisotopic (exact) mass is 588 g/mol. The van der Waals surface area contributed by atoms with Crippen LogP contribution in [0.2, 0.25) is 0 Å². The number of thiophene rings is 1. The Morgan fingerprint density at radius 1 is 1.24 bits per heavy atom. The number of nitrogens with one attached hydrogen (secondary N) is 1. The topological polar surface area (TPSA) is 116 Å². The zero-order valence-corrected chi connectivity index (χ0v) is 24.7. The van der Waals surface area contributed by atoms with Gasteiger partial charge in [-0.25, -0.2) is 9.97 Å². The lowest BCUT2D eigenvalue weighted by molar-refractivity contribution is 0.150. The van der Waals surface area contributed by atoms with Crippen molar-refractivity contribution in [2.45, 2.75) is 29.5 Å². The molecule has 1 aromatic carbocycles. The number of pyridine rings is 1. The fourth-order valence-electron chi connectivity index (χ4n) is 4.97. The van der Waals surface area contributed by atoms with Gasteiger partial charge < -0.3 is 19.9 Å². The van der Waals surface area contributed by atoms with Crippen LogP contribution in [0.15, 0.2) is 59.2 Å². The molecule has 0 bridgehead atoms. The molecule has 1 aliphatic heterocycles. The summed E-state index contributed by atoms with van der Waals surface area (Å²) in [6, 6.07) is 14.1. The molecule has 4 aromatic rings. The van der Waals surface area contributed by atoms with E-state index in [0.717, 1.165) is 64.0 Å². The highest BCUT2D eigenvalue weighted by atomic mass is 32.2. The number of likely N-dealkylation sites (tertiary alicyclic amines) is 1. The lowest BCUT2D eigenvalue weighted by Gasteiger charge is -2.22. The SMILES string of the molecule is COc1cncc(-c2c(-c3ccnc(Nc4cccc(OCCCN5CCCC5CO)c4)n3)sc(SC)c2C#N)c1. The van der Waals surface area contributed by atoms with Crippen LogP contribution in [0.4, 0.5) is 11.6 Å². The first kappa shape index (κ1) is 28.8. The number of aliphatic hydroxyl groups is 1. The number of nitrogens with zero attached hydrogens (tertiary/aromatic N) is 5. The van der Waals surface area contributed by atoms with Gasteiger partial charge in [0.2, 0.25) is 5.95 Å². The van der Waals surface area contributed by atoms with E-state index in [0.29, 0.717) is 29.6 Å². The van der Waals surface area contributed by atoms with Crippen LogP contribution in [0.25, 0.3) is 21.7 Å². The maximum absolute atomic E-state index is 10.0. The number of thioether (sulfide) groups is 1. The van der Waals surface area contributed by atoms with Crippen molar-refractivity contribution in [3.05, 3.63) is 60.6 Å². The van der Waals surface area contributed by atoms with E-state index in [1.54, 1.807) is 25.7 Å². The Morgan fingerprint density at radius 3 is 2.95 bits per heavy atom. The summed E-state index contributed by atoms with van der Waals surface area (Å²) in [4.78, 5) is 16.8. The first-order valence-corrected chi connectivity index (χ1v) is 15.5. The van der Waals surface area contributed by atoms with Crippen LogP contribution in [0.1, 0.15) is 24.8 Å². The number of methoxy groups -OCH3 is 1. The molecule has 2 N–H and O–H groups in total. The minimum absolute atomic E-state index is 0.224. The van der Waals surface area contributed by atoms with Gasteiger partial charge in [-0.3, -0.25) is 9.88 Å². The molecule has 212 valence electrons. The maximum Gasteiger partial charge on any atom is 0.227 e. The quantitative estimate of drug-likeness (QED) is 0.154. The number of ether oxygens (including phenoxy) is 2. The second-order valence-electron chi connectivity index (χ2n) is 9.53. The van der Waals surface area contributed by atoms with E-state index < -0.39 is 0 Å². The Hall–Kier alpha value is -3.69. The van der Waals surface area contributed by atoms with E-state index in [2.05, 4.69) is 26.3 Å². The van der Waals surface area contributed by atoms with Crippen LogP contribution in [0.3, 0.4) is 0 Å². The van der Waals surface area contributed by atoms with Crippen molar-refractivity contribution in [1.82, 2.24) is 19.9 Å². The summed E-state index contributed by atoms with van der Waals surface area (Å²) >= 11 is 3.06. The first-order chi connectivity index (χ1) is 20.1. The molecule has 0 saturated carbocycles. The third-order valence-corrected chi connectivity index (χ3v) is 9.29. The summed E-state index contributed by atoms with van der Waals surface area (Å²) in [7, 11) is 1.60. The number of rotatable bonds is 12. The van der Waals surface area contributed by atoms with Crippen molar-refractivity contribution < 1.29 is 14.6 Å². The Kier molecular flexibility index (Phi) is 9.69. The molecular formula is C30H32N6O3S2. The highest BCUT2D eigenvalue weighted by molar-refractivity contribution is 8.00. The lowest BCUT2D eigenvalue weighted by Crippen LogP contribution is -2.33. The minimum atomic E-state index is 0.224. The third-order valence-electron chi connectivity index (χ3n) is 6.96. The van der Waals surface area contributed by atoms with Crippen LogP contribution in [0.5, 0.6) is 11.5 Å². The van der Waals surface area contributed by atoms with Gasteiger partial charge in [0.1, 0.15) is 17.6 Å². The van der Waals surface area contributed by atoms with E-state index in [9.17, 15) is 10.4 Å². The summed E-state index contributed by atoms with van der Waals surface area (Å²) in [5.74, 6) is 1.82. The van der Waals surface area contributed by atoms with Gasteiger partial charge in [0.05, 0.1) is 46.9 Å². The van der Waals surface area contributed by atoms with Gasteiger partial charge >= 0.3 is 0 Å². The van der Waals surface area contributed by atoms with E-state index >= 15 is 0 Å². The molecule has 1 saturated heterocycles. The molecule has 0 amide bonds. The fraction of sp³-hybridized carbons (Fsp3) is 0.333. The molecule has 11 heteroatoms. The second kappa shape index (κ2) is 13.8. The van der Waals surface area contributed by atoms with Crippen LogP contribution in [-0.4, -0.2) is 70.7 Å². The van der Waals surface area contributed by atoms with Crippen molar-refractivity contribution in [2.75, 3.05) is 45.0 Å². The Labute approximate surface area is 248 Å². The van der Waals surface area contributed by atoms with Crippen LogP contribution >= 0.6 is 23.1 Å². The molecule has 5 rings (SSSR count). The number of hydrogen-bond acceptors (Lipinski definition) is 11. The molecule has 0 radical (unpaired) electrons.